The van der Waals surface area contributed by atoms with E-state index < -0.39 is 11.7 Å². The van der Waals surface area contributed by atoms with E-state index in [-0.39, 0.29) is 24.9 Å². The zero-order chi connectivity index (χ0) is 17.5. The SMILES string of the molecule is CN(CC(=O)Nc1cccc(F)c1)C(=O)CN1CCCCCC1=O. The zero-order valence-electron chi connectivity index (χ0n) is 13.8. The highest BCUT2D eigenvalue weighted by Gasteiger charge is 2.21. The van der Waals surface area contributed by atoms with Gasteiger partial charge in [0, 0.05) is 25.7 Å². The van der Waals surface area contributed by atoms with Crippen LogP contribution in [0.2, 0.25) is 0 Å². The summed E-state index contributed by atoms with van der Waals surface area (Å²) in [5, 5.41) is 2.54. The van der Waals surface area contributed by atoms with Gasteiger partial charge in [-0.05, 0) is 31.0 Å². The van der Waals surface area contributed by atoms with E-state index in [1.165, 1.54) is 30.1 Å². The molecule has 130 valence electrons. The smallest absolute Gasteiger partial charge is 0.243 e. The summed E-state index contributed by atoms with van der Waals surface area (Å²) in [5.74, 6) is -1.17. The molecule has 0 atom stereocenters. The van der Waals surface area contributed by atoms with Crippen LogP contribution in [0.5, 0.6) is 0 Å². The molecular formula is C17H22FN3O3. The van der Waals surface area contributed by atoms with Crippen molar-refractivity contribution in [3.8, 4) is 0 Å². The third-order valence-corrected chi connectivity index (χ3v) is 3.91. The van der Waals surface area contributed by atoms with Crippen molar-refractivity contribution >= 4 is 23.4 Å². The van der Waals surface area contributed by atoms with Crippen molar-refractivity contribution in [1.82, 2.24) is 9.80 Å². The van der Waals surface area contributed by atoms with E-state index in [2.05, 4.69) is 5.32 Å². The Morgan fingerprint density at radius 3 is 2.83 bits per heavy atom. The van der Waals surface area contributed by atoms with Gasteiger partial charge in [0.15, 0.2) is 0 Å². The summed E-state index contributed by atoms with van der Waals surface area (Å²) in [4.78, 5) is 38.9. The zero-order valence-corrected chi connectivity index (χ0v) is 13.8. The van der Waals surface area contributed by atoms with E-state index in [1.807, 2.05) is 0 Å². The maximum atomic E-state index is 13.1. The second-order valence-corrected chi connectivity index (χ2v) is 5.93. The molecule has 0 unspecified atom stereocenters. The number of hydrogen-bond donors (Lipinski definition) is 1. The highest BCUT2D eigenvalue weighted by Crippen LogP contribution is 2.11. The van der Waals surface area contributed by atoms with Crippen LogP contribution in [0.4, 0.5) is 10.1 Å². The highest BCUT2D eigenvalue weighted by molar-refractivity contribution is 5.95. The predicted molar refractivity (Wildman–Crippen MR) is 87.7 cm³/mol. The van der Waals surface area contributed by atoms with Crippen LogP contribution < -0.4 is 5.32 Å². The fraction of sp³-hybridized carbons (Fsp3) is 0.471. The lowest BCUT2D eigenvalue weighted by atomic mass is 10.2. The van der Waals surface area contributed by atoms with Crippen LogP contribution in [0.15, 0.2) is 24.3 Å². The van der Waals surface area contributed by atoms with Crippen LogP contribution >= 0.6 is 0 Å². The lowest BCUT2D eigenvalue weighted by Crippen LogP contribution is -2.43. The molecule has 1 saturated heterocycles. The number of amides is 3. The van der Waals surface area contributed by atoms with Gasteiger partial charge in [-0.3, -0.25) is 14.4 Å². The average molecular weight is 335 g/mol. The number of halogens is 1. The molecule has 0 saturated carbocycles. The summed E-state index contributed by atoms with van der Waals surface area (Å²) in [7, 11) is 1.51. The fourth-order valence-corrected chi connectivity index (χ4v) is 2.56. The number of nitrogens with zero attached hydrogens (tertiary/aromatic N) is 2. The van der Waals surface area contributed by atoms with Crippen molar-refractivity contribution in [2.24, 2.45) is 0 Å². The number of carbonyl (C=O) groups excluding carboxylic acids is 3. The Labute approximate surface area is 140 Å². The van der Waals surface area contributed by atoms with Gasteiger partial charge in [-0.1, -0.05) is 12.5 Å². The number of benzene rings is 1. The summed E-state index contributed by atoms with van der Waals surface area (Å²) in [6.45, 7) is 0.411. The highest BCUT2D eigenvalue weighted by atomic mass is 19.1. The molecule has 1 N–H and O–H groups in total. The summed E-state index contributed by atoms with van der Waals surface area (Å²) in [5.41, 5.74) is 0.337. The lowest BCUT2D eigenvalue weighted by molar-refractivity contribution is -0.140. The van der Waals surface area contributed by atoms with Crippen LogP contribution in [0, 0.1) is 5.82 Å². The topological polar surface area (TPSA) is 69.7 Å². The molecule has 0 bridgehead atoms. The van der Waals surface area contributed by atoms with Crippen LogP contribution in [0.1, 0.15) is 25.7 Å². The van der Waals surface area contributed by atoms with Gasteiger partial charge in [0.2, 0.25) is 17.7 Å². The molecule has 0 aromatic heterocycles. The Kier molecular flexibility index (Phi) is 6.28. The predicted octanol–water partition coefficient (Wildman–Crippen LogP) is 1.63. The molecule has 1 aromatic rings. The number of nitrogens with one attached hydrogen (secondary N) is 1. The van der Waals surface area contributed by atoms with Gasteiger partial charge in [0.1, 0.15) is 5.82 Å². The van der Waals surface area contributed by atoms with Crippen molar-refractivity contribution in [1.29, 1.82) is 0 Å². The molecule has 0 radical (unpaired) electrons. The third-order valence-electron chi connectivity index (χ3n) is 3.91. The monoisotopic (exact) mass is 335 g/mol. The maximum Gasteiger partial charge on any atom is 0.243 e. The maximum absolute atomic E-state index is 13.1. The molecule has 0 spiro atoms. The van der Waals surface area contributed by atoms with Crippen LogP contribution in [-0.4, -0.2) is 54.2 Å². The number of rotatable bonds is 5. The Bertz CT molecular complexity index is 621. The number of likely N-dealkylation sites (N-methyl/N-ethyl adjacent to an activating group) is 1. The first kappa shape index (κ1) is 17.9. The van der Waals surface area contributed by atoms with Crippen molar-refractivity contribution in [2.45, 2.75) is 25.7 Å². The molecule has 1 heterocycles. The van der Waals surface area contributed by atoms with Crippen LogP contribution in [-0.2, 0) is 14.4 Å². The standard InChI is InChI=1S/C17H22FN3O3/c1-20(11-15(22)19-14-7-5-6-13(18)10-14)17(24)12-21-9-4-2-3-8-16(21)23/h5-7,10H,2-4,8-9,11-12H2,1H3,(H,19,22). The van der Waals surface area contributed by atoms with Crippen molar-refractivity contribution < 1.29 is 18.8 Å². The van der Waals surface area contributed by atoms with Crippen molar-refractivity contribution in [3.05, 3.63) is 30.1 Å². The quantitative estimate of drug-likeness (QED) is 0.889. The first-order valence-corrected chi connectivity index (χ1v) is 8.03. The van der Waals surface area contributed by atoms with Crippen molar-refractivity contribution in [2.75, 3.05) is 32.0 Å². The number of anilines is 1. The Morgan fingerprint density at radius 2 is 2.08 bits per heavy atom. The first-order valence-electron chi connectivity index (χ1n) is 8.03. The molecule has 1 aromatic carbocycles. The van der Waals surface area contributed by atoms with Crippen LogP contribution in [0.3, 0.4) is 0 Å². The van der Waals surface area contributed by atoms with Gasteiger partial charge in [-0.25, -0.2) is 4.39 Å². The molecule has 3 amide bonds. The molecule has 1 fully saturated rings. The summed E-state index contributed by atoms with van der Waals surface area (Å²) in [6.07, 6.45) is 3.21. The van der Waals surface area contributed by atoms with E-state index in [0.717, 1.165) is 19.3 Å². The minimum Gasteiger partial charge on any atom is -0.335 e. The van der Waals surface area contributed by atoms with Gasteiger partial charge in [-0.15, -0.1) is 0 Å². The summed E-state index contributed by atoms with van der Waals surface area (Å²) in [6, 6.07) is 5.54. The van der Waals surface area contributed by atoms with E-state index in [0.29, 0.717) is 18.7 Å². The average Bonchev–Trinajstić information content (AvgIpc) is 2.72. The van der Waals surface area contributed by atoms with E-state index >= 15 is 0 Å². The molecule has 0 aliphatic carbocycles. The number of carbonyl (C=O) groups is 3. The van der Waals surface area contributed by atoms with Gasteiger partial charge in [-0.2, -0.15) is 0 Å². The Morgan fingerprint density at radius 1 is 1.29 bits per heavy atom. The van der Waals surface area contributed by atoms with Gasteiger partial charge >= 0.3 is 0 Å². The minimum atomic E-state index is -0.447. The molecular weight excluding hydrogens is 313 g/mol. The molecule has 1 aliphatic heterocycles. The van der Waals surface area contributed by atoms with E-state index in [4.69, 9.17) is 0 Å². The molecule has 7 heteroatoms. The van der Waals surface area contributed by atoms with Crippen LogP contribution in [0.25, 0.3) is 0 Å². The largest absolute Gasteiger partial charge is 0.335 e. The molecule has 1 aliphatic rings. The lowest BCUT2D eigenvalue weighted by Gasteiger charge is -2.23. The normalized spacial score (nSPS) is 14.9. The summed E-state index contributed by atoms with van der Waals surface area (Å²) < 4.78 is 13.1. The Hall–Kier alpha value is -2.44. The molecule has 2 rings (SSSR count). The van der Waals surface area contributed by atoms with E-state index in [1.54, 1.807) is 11.0 Å². The molecule has 6 nitrogen and oxygen atoms in total. The fourth-order valence-electron chi connectivity index (χ4n) is 2.56. The summed E-state index contributed by atoms with van der Waals surface area (Å²) >= 11 is 0. The van der Waals surface area contributed by atoms with Gasteiger partial charge < -0.3 is 15.1 Å². The Balaban J connectivity index is 1.84. The first-order chi connectivity index (χ1) is 11.5. The number of likely N-dealkylation sites (tertiary alicyclic amines) is 1. The second-order valence-electron chi connectivity index (χ2n) is 5.93. The van der Waals surface area contributed by atoms with Gasteiger partial charge in [0.25, 0.3) is 0 Å². The van der Waals surface area contributed by atoms with Crippen molar-refractivity contribution in [3.63, 3.8) is 0 Å². The van der Waals surface area contributed by atoms with E-state index in [9.17, 15) is 18.8 Å². The number of hydrogen-bond acceptors (Lipinski definition) is 3. The minimum absolute atomic E-state index is 0.0113. The second kappa shape index (κ2) is 8.42. The third kappa shape index (κ3) is 5.33. The van der Waals surface area contributed by atoms with Gasteiger partial charge in [0.05, 0.1) is 13.1 Å². The molecule has 24 heavy (non-hydrogen) atoms.